The average Bonchev–Trinajstić information content (AvgIpc) is 2.61. The Labute approximate surface area is 152 Å². The summed E-state index contributed by atoms with van der Waals surface area (Å²) in [6.07, 6.45) is 1.01. The fraction of sp³-hybridized carbons (Fsp3) is 0.316. The van der Waals surface area contributed by atoms with Gasteiger partial charge in [0.25, 0.3) is 0 Å². The molecule has 2 rings (SSSR count). The number of aryl methyl sites for hydroxylation is 1. The van der Waals surface area contributed by atoms with Crippen molar-refractivity contribution in [1.82, 2.24) is 5.32 Å². The highest BCUT2D eigenvalue weighted by molar-refractivity contribution is 8.00. The highest BCUT2D eigenvalue weighted by atomic mass is 35.5. The highest BCUT2D eigenvalue weighted by Crippen LogP contribution is 2.24. The molecule has 0 unspecified atom stereocenters. The molecule has 0 aliphatic rings. The smallest absolute Gasteiger partial charge is 0.233 e. The van der Waals surface area contributed by atoms with Crippen LogP contribution in [0.2, 0.25) is 5.02 Å². The summed E-state index contributed by atoms with van der Waals surface area (Å²) >= 11 is 7.37. The number of nitrogens with one attached hydrogen (secondary N) is 1. The van der Waals surface area contributed by atoms with Crippen LogP contribution in [-0.2, 0) is 11.2 Å². The van der Waals surface area contributed by atoms with Crippen LogP contribution in [0.1, 0.15) is 19.4 Å². The predicted molar refractivity (Wildman–Crippen MR) is 101 cm³/mol. The van der Waals surface area contributed by atoms with E-state index in [9.17, 15) is 4.79 Å². The minimum Gasteiger partial charge on any atom is -0.492 e. The molecule has 0 aliphatic heterocycles. The Morgan fingerprint density at radius 2 is 1.83 bits per heavy atom. The van der Waals surface area contributed by atoms with E-state index in [2.05, 4.69) is 24.4 Å². The van der Waals surface area contributed by atoms with E-state index in [0.29, 0.717) is 18.2 Å². The van der Waals surface area contributed by atoms with Gasteiger partial charge in [-0.1, -0.05) is 30.7 Å². The van der Waals surface area contributed by atoms with Gasteiger partial charge in [0.05, 0.1) is 11.8 Å². The lowest BCUT2D eigenvalue weighted by Crippen LogP contribution is -2.33. The molecule has 0 saturated heterocycles. The molecule has 1 atom stereocenters. The fourth-order valence-corrected chi connectivity index (χ4v) is 3.10. The first kappa shape index (κ1) is 18.7. The summed E-state index contributed by atoms with van der Waals surface area (Å²) in [5.41, 5.74) is 1.28. The van der Waals surface area contributed by atoms with E-state index in [-0.39, 0.29) is 11.2 Å². The highest BCUT2D eigenvalue weighted by Gasteiger charge is 2.13. The van der Waals surface area contributed by atoms with Crippen LogP contribution in [0.4, 0.5) is 0 Å². The number of ether oxygens (including phenoxy) is 1. The summed E-state index contributed by atoms with van der Waals surface area (Å²) in [6.45, 7) is 4.95. The molecule has 1 N–H and O–H groups in total. The normalized spacial score (nSPS) is 11.8. The summed E-state index contributed by atoms with van der Waals surface area (Å²) in [7, 11) is 0. The Kier molecular flexibility index (Phi) is 7.47. The van der Waals surface area contributed by atoms with Crippen LogP contribution >= 0.6 is 23.4 Å². The van der Waals surface area contributed by atoms with Crippen LogP contribution in [0, 0.1) is 0 Å². The second kappa shape index (κ2) is 9.60. The molecule has 5 heteroatoms. The van der Waals surface area contributed by atoms with E-state index in [1.807, 2.05) is 43.3 Å². The van der Waals surface area contributed by atoms with Gasteiger partial charge < -0.3 is 10.1 Å². The number of hydrogen-bond donors (Lipinski definition) is 1. The average molecular weight is 364 g/mol. The largest absolute Gasteiger partial charge is 0.492 e. The molecular formula is C19H22ClNO2S. The van der Waals surface area contributed by atoms with E-state index in [0.717, 1.165) is 17.1 Å². The molecule has 2 aromatic rings. The number of rotatable bonds is 8. The van der Waals surface area contributed by atoms with Crippen LogP contribution in [0.15, 0.2) is 53.4 Å². The van der Waals surface area contributed by atoms with Gasteiger partial charge in [0.2, 0.25) is 5.91 Å². The van der Waals surface area contributed by atoms with Gasteiger partial charge in [-0.15, -0.1) is 11.8 Å². The number of thioether (sulfide) groups is 1. The first-order valence-corrected chi connectivity index (χ1v) is 9.26. The van der Waals surface area contributed by atoms with Gasteiger partial charge in [-0.2, -0.15) is 0 Å². The summed E-state index contributed by atoms with van der Waals surface area (Å²) < 4.78 is 5.63. The Bertz CT molecular complexity index is 643. The van der Waals surface area contributed by atoms with Gasteiger partial charge in [0.15, 0.2) is 0 Å². The van der Waals surface area contributed by atoms with E-state index in [1.165, 1.54) is 17.3 Å². The van der Waals surface area contributed by atoms with Crippen molar-refractivity contribution in [3.05, 3.63) is 59.1 Å². The molecule has 0 saturated carbocycles. The van der Waals surface area contributed by atoms with Crippen LogP contribution in [0.5, 0.6) is 5.75 Å². The lowest BCUT2D eigenvalue weighted by atomic mass is 10.2. The van der Waals surface area contributed by atoms with Crippen molar-refractivity contribution in [2.24, 2.45) is 0 Å². The lowest BCUT2D eigenvalue weighted by Gasteiger charge is -2.12. The Balaban J connectivity index is 1.69. The first-order chi connectivity index (χ1) is 11.6. The van der Waals surface area contributed by atoms with Crippen LogP contribution in [0.25, 0.3) is 0 Å². The van der Waals surface area contributed by atoms with Crippen LogP contribution < -0.4 is 10.1 Å². The zero-order chi connectivity index (χ0) is 17.4. The minimum absolute atomic E-state index is 0.000110. The predicted octanol–water partition coefficient (Wildman–Crippen LogP) is 4.58. The van der Waals surface area contributed by atoms with Crippen molar-refractivity contribution in [3.63, 3.8) is 0 Å². The van der Waals surface area contributed by atoms with Gasteiger partial charge in [-0.05, 0) is 55.3 Å². The third-order valence-corrected chi connectivity index (χ3v) is 4.86. The summed E-state index contributed by atoms with van der Waals surface area (Å²) in [5.74, 6) is 0.824. The van der Waals surface area contributed by atoms with Gasteiger partial charge in [-0.25, -0.2) is 0 Å². The Morgan fingerprint density at radius 3 is 2.46 bits per heavy atom. The topological polar surface area (TPSA) is 38.3 Å². The summed E-state index contributed by atoms with van der Waals surface area (Å²) in [4.78, 5) is 13.1. The zero-order valence-corrected chi connectivity index (χ0v) is 15.5. The summed E-state index contributed by atoms with van der Waals surface area (Å²) in [6, 6.07) is 15.5. The van der Waals surface area contributed by atoms with Crippen molar-refractivity contribution < 1.29 is 9.53 Å². The van der Waals surface area contributed by atoms with Crippen LogP contribution in [-0.4, -0.2) is 24.3 Å². The van der Waals surface area contributed by atoms with E-state index in [1.54, 1.807) is 0 Å². The Hall–Kier alpha value is -1.65. The lowest BCUT2D eigenvalue weighted by molar-refractivity contribution is -0.120. The number of carbonyl (C=O) groups excluding carboxylic acids is 1. The molecule has 0 aliphatic carbocycles. The zero-order valence-electron chi connectivity index (χ0n) is 13.9. The van der Waals surface area contributed by atoms with E-state index < -0.39 is 0 Å². The molecule has 3 nitrogen and oxygen atoms in total. The van der Waals surface area contributed by atoms with Gasteiger partial charge >= 0.3 is 0 Å². The fourth-order valence-electron chi connectivity index (χ4n) is 2.08. The standard InChI is InChI=1S/C19H22ClNO2S/c1-3-15-4-8-17(9-5-15)23-13-12-21-19(22)14(2)24-18-10-6-16(20)7-11-18/h4-11,14H,3,12-13H2,1-2H3,(H,21,22)/t14-/m0/s1. The Morgan fingerprint density at radius 1 is 1.17 bits per heavy atom. The molecule has 0 heterocycles. The number of hydrogen-bond acceptors (Lipinski definition) is 3. The number of benzene rings is 2. The SMILES string of the molecule is CCc1ccc(OCCNC(=O)[C@H](C)Sc2ccc(Cl)cc2)cc1. The molecule has 0 radical (unpaired) electrons. The number of amides is 1. The number of halogens is 1. The monoisotopic (exact) mass is 363 g/mol. The van der Waals surface area contributed by atoms with Gasteiger partial charge in [0.1, 0.15) is 12.4 Å². The molecule has 0 spiro atoms. The van der Waals surface area contributed by atoms with Gasteiger partial charge in [-0.3, -0.25) is 4.79 Å². The first-order valence-electron chi connectivity index (χ1n) is 8.00. The maximum atomic E-state index is 12.1. The molecule has 0 fully saturated rings. The second-order valence-electron chi connectivity index (χ2n) is 5.35. The maximum absolute atomic E-state index is 12.1. The van der Waals surface area contributed by atoms with Crippen molar-refractivity contribution >= 4 is 29.3 Å². The summed E-state index contributed by atoms with van der Waals surface area (Å²) in [5, 5.41) is 3.42. The van der Waals surface area contributed by atoms with Crippen molar-refractivity contribution in [2.45, 2.75) is 30.4 Å². The molecular weight excluding hydrogens is 342 g/mol. The second-order valence-corrected chi connectivity index (χ2v) is 7.20. The minimum atomic E-state index is -0.171. The molecule has 2 aromatic carbocycles. The molecule has 0 aromatic heterocycles. The van der Waals surface area contributed by atoms with Gasteiger partial charge in [0, 0.05) is 9.92 Å². The molecule has 0 bridgehead atoms. The van der Waals surface area contributed by atoms with Crippen molar-refractivity contribution in [3.8, 4) is 5.75 Å². The third-order valence-electron chi connectivity index (χ3n) is 3.50. The molecule has 128 valence electrons. The quantitative estimate of drug-likeness (QED) is 0.551. The molecule has 1 amide bonds. The molecule has 24 heavy (non-hydrogen) atoms. The third kappa shape index (κ3) is 6.10. The van der Waals surface area contributed by atoms with Crippen molar-refractivity contribution in [2.75, 3.05) is 13.2 Å². The maximum Gasteiger partial charge on any atom is 0.233 e. The van der Waals surface area contributed by atoms with Crippen molar-refractivity contribution in [1.29, 1.82) is 0 Å². The van der Waals surface area contributed by atoms with Crippen LogP contribution in [0.3, 0.4) is 0 Å². The van der Waals surface area contributed by atoms with E-state index in [4.69, 9.17) is 16.3 Å². The van der Waals surface area contributed by atoms with E-state index >= 15 is 0 Å². The number of carbonyl (C=O) groups is 1.